The van der Waals surface area contributed by atoms with Crippen LogP contribution in [0.25, 0.3) is 0 Å². The topological polar surface area (TPSA) is 44.8 Å². The van der Waals surface area contributed by atoms with Gasteiger partial charge < -0.3 is 14.2 Å². The summed E-state index contributed by atoms with van der Waals surface area (Å²) in [6, 6.07) is 8.13. The van der Waals surface area contributed by atoms with Crippen molar-refractivity contribution < 1.29 is 19.0 Å². The molecule has 3 rings (SSSR count). The van der Waals surface area contributed by atoms with Crippen LogP contribution in [0.5, 0.6) is 0 Å². The summed E-state index contributed by atoms with van der Waals surface area (Å²) in [4.78, 5) is 13.4. The molecule has 2 aliphatic heterocycles. The minimum atomic E-state index is -0.550. The van der Waals surface area contributed by atoms with Crippen LogP contribution >= 0.6 is 11.8 Å². The molecule has 1 aromatic carbocycles. The second-order valence-electron chi connectivity index (χ2n) is 5.71. The number of benzene rings is 1. The van der Waals surface area contributed by atoms with Crippen molar-refractivity contribution >= 4 is 17.7 Å². The van der Waals surface area contributed by atoms with E-state index in [1.54, 1.807) is 6.92 Å². The fraction of sp³-hybridized carbons (Fsp3) is 0.588. The van der Waals surface area contributed by atoms with E-state index in [2.05, 4.69) is 6.07 Å². The molecule has 0 spiro atoms. The lowest BCUT2D eigenvalue weighted by Gasteiger charge is -2.26. The zero-order chi connectivity index (χ0) is 15.4. The number of esters is 1. The SMILES string of the molecule is C[C@H](OC[C@@H]1CCCO1)C(=O)O[C@@H]1CCSc2ccccc21. The van der Waals surface area contributed by atoms with Gasteiger partial charge in [0.2, 0.25) is 0 Å². The average Bonchev–Trinajstić information content (AvgIpc) is 3.06. The van der Waals surface area contributed by atoms with Crippen molar-refractivity contribution in [3.8, 4) is 0 Å². The lowest BCUT2D eigenvalue weighted by atomic mass is 10.1. The second kappa shape index (κ2) is 7.49. The van der Waals surface area contributed by atoms with Crippen LogP contribution in [0.2, 0.25) is 0 Å². The van der Waals surface area contributed by atoms with Crippen molar-refractivity contribution in [2.24, 2.45) is 0 Å². The molecular formula is C17H22O4S. The number of fused-ring (bicyclic) bond motifs is 1. The smallest absolute Gasteiger partial charge is 0.335 e. The third-order valence-corrected chi connectivity index (χ3v) is 5.17. The lowest BCUT2D eigenvalue weighted by molar-refractivity contribution is -0.164. The Morgan fingerprint density at radius 2 is 2.27 bits per heavy atom. The third kappa shape index (κ3) is 3.83. The standard InChI is InChI=1S/C17H22O4S/c1-12(20-11-13-5-4-9-19-13)17(18)21-15-8-10-22-16-7-3-2-6-14(15)16/h2-3,6-7,12-13,15H,4-5,8-11H2,1H3/t12-,13-,15+/m0/s1. The molecule has 0 aliphatic carbocycles. The number of rotatable bonds is 5. The molecule has 4 nitrogen and oxygen atoms in total. The molecule has 120 valence electrons. The molecule has 0 amide bonds. The van der Waals surface area contributed by atoms with E-state index in [0.717, 1.165) is 37.2 Å². The molecular weight excluding hydrogens is 300 g/mol. The fourth-order valence-electron chi connectivity index (χ4n) is 2.76. The molecule has 0 N–H and O–H groups in total. The highest BCUT2D eigenvalue weighted by Crippen LogP contribution is 2.38. The van der Waals surface area contributed by atoms with Crippen molar-refractivity contribution in [3.63, 3.8) is 0 Å². The van der Waals surface area contributed by atoms with E-state index < -0.39 is 6.10 Å². The third-order valence-electron chi connectivity index (χ3n) is 4.05. The summed E-state index contributed by atoms with van der Waals surface area (Å²) in [6.07, 6.45) is 2.36. The van der Waals surface area contributed by atoms with Crippen LogP contribution in [-0.2, 0) is 19.0 Å². The lowest BCUT2D eigenvalue weighted by Crippen LogP contribution is -2.29. The summed E-state index contributed by atoms with van der Waals surface area (Å²) in [6.45, 7) is 3.01. The predicted molar refractivity (Wildman–Crippen MR) is 85.0 cm³/mol. The zero-order valence-corrected chi connectivity index (χ0v) is 13.6. The van der Waals surface area contributed by atoms with Crippen LogP contribution in [-0.4, -0.2) is 37.1 Å². The monoisotopic (exact) mass is 322 g/mol. The van der Waals surface area contributed by atoms with Gasteiger partial charge in [0.1, 0.15) is 6.10 Å². The first-order valence-corrected chi connectivity index (χ1v) is 8.88. The van der Waals surface area contributed by atoms with Gasteiger partial charge in [0, 0.05) is 22.8 Å². The molecule has 1 saturated heterocycles. The Morgan fingerprint density at radius 3 is 3.09 bits per heavy atom. The Labute approximate surface area is 135 Å². The number of hydrogen-bond donors (Lipinski definition) is 0. The van der Waals surface area contributed by atoms with Gasteiger partial charge in [0.05, 0.1) is 12.7 Å². The summed E-state index contributed by atoms with van der Waals surface area (Å²) < 4.78 is 16.8. The van der Waals surface area contributed by atoms with Crippen LogP contribution in [0.3, 0.4) is 0 Å². The van der Waals surface area contributed by atoms with Crippen molar-refractivity contribution in [2.75, 3.05) is 19.0 Å². The Hall–Kier alpha value is -1.04. The maximum absolute atomic E-state index is 12.2. The fourth-order valence-corrected chi connectivity index (χ4v) is 3.86. The van der Waals surface area contributed by atoms with Crippen LogP contribution in [0.4, 0.5) is 0 Å². The molecule has 0 unspecified atom stereocenters. The van der Waals surface area contributed by atoms with Crippen molar-refractivity contribution in [3.05, 3.63) is 29.8 Å². The highest BCUT2D eigenvalue weighted by atomic mass is 32.2. The van der Waals surface area contributed by atoms with Gasteiger partial charge in [-0.25, -0.2) is 4.79 Å². The maximum Gasteiger partial charge on any atom is 0.335 e. The largest absolute Gasteiger partial charge is 0.456 e. The highest BCUT2D eigenvalue weighted by Gasteiger charge is 2.27. The van der Waals surface area contributed by atoms with Gasteiger partial charge in [-0.1, -0.05) is 18.2 Å². The second-order valence-corrected chi connectivity index (χ2v) is 6.85. The Balaban J connectivity index is 1.53. The summed E-state index contributed by atoms with van der Waals surface area (Å²) in [5.74, 6) is 0.685. The molecule has 2 heterocycles. The Morgan fingerprint density at radius 1 is 1.41 bits per heavy atom. The van der Waals surface area contributed by atoms with E-state index in [9.17, 15) is 4.79 Å². The van der Waals surface area contributed by atoms with E-state index in [-0.39, 0.29) is 18.2 Å². The first-order chi connectivity index (χ1) is 10.7. The number of carbonyl (C=O) groups is 1. The summed E-state index contributed by atoms with van der Waals surface area (Å²) >= 11 is 1.82. The molecule has 2 aliphatic rings. The number of thioether (sulfide) groups is 1. The van der Waals surface area contributed by atoms with Gasteiger partial charge in [-0.15, -0.1) is 11.8 Å². The van der Waals surface area contributed by atoms with Crippen LogP contribution in [0, 0.1) is 0 Å². The number of carbonyl (C=O) groups excluding carboxylic acids is 1. The molecule has 0 bridgehead atoms. The minimum absolute atomic E-state index is 0.127. The summed E-state index contributed by atoms with van der Waals surface area (Å²) in [5, 5.41) is 0. The highest BCUT2D eigenvalue weighted by molar-refractivity contribution is 7.99. The molecule has 1 aromatic rings. The zero-order valence-electron chi connectivity index (χ0n) is 12.8. The van der Waals surface area contributed by atoms with Crippen molar-refractivity contribution in [1.29, 1.82) is 0 Å². The van der Waals surface area contributed by atoms with E-state index in [1.165, 1.54) is 4.90 Å². The van der Waals surface area contributed by atoms with Crippen LogP contribution in [0.1, 0.15) is 37.9 Å². The molecule has 1 fully saturated rings. The molecule has 22 heavy (non-hydrogen) atoms. The number of ether oxygens (including phenoxy) is 3. The van der Waals surface area contributed by atoms with Crippen LogP contribution < -0.4 is 0 Å². The van der Waals surface area contributed by atoms with Gasteiger partial charge in [0.15, 0.2) is 6.10 Å². The van der Waals surface area contributed by atoms with E-state index >= 15 is 0 Å². The van der Waals surface area contributed by atoms with Gasteiger partial charge in [-0.2, -0.15) is 0 Å². The van der Waals surface area contributed by atoms with E-state index in [4.69, 9.17) is 14.2 Å². The summed E-state index contributed by atoms with van der Waals surface area (Å²) in [5.41, 5.74) is 1.11. The minimum Gasteiger partial charge on any atom is -0.456 e. The molecule has 0 radical (unpaired) electrons. The average molecular weight is 322 g/mol. The molecule has 5 heteroatoms. The quantitative estimate of drug-likeness (QED) is 0.778. The first-order valence-electron chi connectivity index (χ1n) is 7.89. The van der Waals surface area contributed by atoms with E-state index in [1.807, 2.05) is 30.0 Å². The van der Waals surface area contributed by atoms with Crippen molar-refractivity contribution in [2.45, 2.75) is 49.4 Å². The Kier molecular flexibility index (Phi) is 5.39. The summed E-state index contributed by atoms with van der Waals surface area (Å²) in [7, 11) is 0. The number of hydrogen-bond acceptors (Lipinski definition) is 5. The van der Waals surface area contributed by atoms with Crippen LogP contribution in [0.15, 0.2) is 29.2 Å². The van der Waals surface area contributed by atoms with Gasteiger partial charge in [0.25, 0.3) is 0 Å². The normalized spacial score (nSPS) is 25.5. The van der Waals surface area contributed by atoms with Gasteiger partial charge in [-0.3, -0.25) is 0 Å². The first kappa shape index (κ1) is 15.8. The van der Waals surface area contributed by atoms with Gasteiger partial charge in [-0.05, 0) is 32.3 Å². The Bertz CT molecular complexity index is 513. The maximum atomic E-state index is 12.2. The van der Waals surface area contributed by atoms with Crippen molar-refractivity contribution in [1.82, 2.24) is 0 Å². The van der Waals surface area contributed by atoms with E-state index in [0.29, 0.717) is 6.61 Å². The van der Waals surface area contributed by atoms with Gasteiger partial charge >= 0.3 is 5.97 Å². The predicted octanol–water partition coefficient (Wildman–Crippen LogP) is 3.35. The molecule has 0 saturated carbocycles. The molecule has 0 aromatic heterocycles. The molecule has 3 atom stereocenters.